The maximum Gasteiger partial charge on any atom is 0.573 e. The van der Waals surface area contributed by atoms with Crippen LogP contribution in [0.15, 0.2) is 84.2 Å². The van der Waals surface area contributed by atoms with Gasteiger partial charge in [-0.15, -0.1) is 18.3 Å². The van der Waals surface area contributed by atoms with Crippen LogP contribution in [0.2, 0.25) is 0 Å². The molecule has 0 unspecified atom stereocenters. The zero-order valence-electron chi connectivity index (χ0n) is 24.3. The van der Waals surface area contributed by atoms with Crippen molar-refractivity contribution in [2.75, 3.05) is 17.8 Å². The first-order valence-corrected chi connectivity index (χ1v) is 14.6. The number of aliphatic imine (C=N–C) groups is 1. The van der Waals surface area contributed by atoms with E-state index in [0.717, 1.165) is 11.1 Å². The van der Waals surface area contributed by atoms with Crippen LogP contribution >= 0.6 is 11.8 Å². The molecule has 3 aromatic carbocycles. The number of ether oxygens (including phenoxy) is 2. The van der Waals surface area contributed by atoms with Crippen molar-refractivity contribution in [1.82, 2.24) is 20.1 Å². The third kappa shape index (κ3) is 7.70. The Bertz CT molecular complexity index is 1750. The van der Waals surface area contributed by atoms with Crippen molar-refractivity contribution in [3.8, 4) is 28.6 Å². The number of amides is 3. The van der Waals surface area contributed by atoms with E-state index in [1.165, 1.54) is 58.1 Å². The number of carbonyl (C=O) groups excluding carboxylic acids is 2. The van der Waals surface area contributed by atoms with Gasteiger partial charge in [0.1, 0.15) is 17.8 Å². The Hall–Kier alpha value is -5.11. The molecule has 2 heterocycles. The van der Waals surface area contributed by atoms with Gasteiger partial charge in [0.2, 0.25) is 5.91 Å². The summed E-state index contributed by atoms with van der Waals surface area (Å²) in [5.41, 5.74) is 3.55. The number of amidine groups is 1. The van der Waals surface area contributed by atoms with Crippen molar-refractivity contribution in [2.45, 2.75) is 26.1 Å². The summed E-state index contributed by atoms with van der Waals surface area (Å²) in [6, 6.07) is 17.3. The number of benzene rings is 3. The lowest BCUT2D eigenvalue weighted by atomic mass is 10.00. The first-order valence-electron chi connectivity index (χ1n) is 13.6. The summed E-state index contributed by atoms with van der Waals surface area (Å²) < 4.78 is 47.9. The largest absolute Gasteiger partial charge is 0.573 e. The molecule has 1 aliphatic rings. The molecule has 0 atom stereocenters. The molecule has 14 heteroatoms. The highest BCUT2D eigenvalue weighted by Crippen LogP contribution is 2.36. The van der Waals surface area contributed by atoms with Crippen molar-refractivity contribution in [2.24, 2.45) is 4.99 Å². The zero-order chi connectivity index (χ0) is 32.1. The number of methoxy groups -OCH3 is 1. The Morgan fingerprint density at radius 1 is 1.07 bits per heavy atom. The molecular formula is C31H27F3N6O4S. The number of anilines is 1. The van der Waals surface area contributed by atoms with E-state index >= 15 is 0 Å². The molecule has 1 aliphatic heterocycles. The third-order valence-corrected chi connectivity index (χ3v) is 7.46. The number of aromatic nitrogens is 3. The van der Waals surface area contributed by atoms with Crippen LogP contribution in [0.4, 0.5) is 23.7 Å². The van der Waals surface area contributed by atoms with Crippen LogP contribution in [0.1, 0.15) is 30.9 Å². The van der Waals surface area contributed by atoms with E-state index in [0.29, 0.717) is 28.5 Å². The monoisotopic (exact) mass is 636 g/mol. The SMILES string of the molecule is COc1ccc(C(C)C)c(N2C(=O)CSC2=NC(=O)N/C=C/c2ccc(-c3ncn(-c4ccc(OC(F)(F)F)cc4)n3)cc2)c1. The Balaban J connectivity index is 1.22. The average Bonchev–Trinajstić information content (AvgIpc) is 3.64. The van der Waals surface area contributed by atoms with Gasteiger partial charge in [-0.25, -0.2) is 14.5 Å². The molecule has 0 bridgehead atoms. The lowest BCUT2D eigenvalue weighted by molar-refractivity contribution is -0.274. The van der Waals surface area contributed by atoms with Gasteiger partial charge in [0.15, 0.2) is 11.0 Å². The van der Waals surface area contributed by atoms with Crippen LogP contribution in [-0.4, -0.2) is 51.1 Å². The van der Waals surface area contributed by atoms with Gasteiger partial charge >= 0.3 is 12.4 Å². The van der Waals surface area contributed by atoms with E-state index in [9.17, 15) is 22.8 Å². The minimum atomic E-state index is -4.77. The summed E-state index contributed by atoms with van der Waals surface area (Å²) in [6.45, 7) is 4.04. The minimum absolute atomic E-state index is 0.127. The molecule has 0 radical (unpaired) electrons. The summed E-state index contributed by atoms with van der Waals surface area (Å²) in [5, 5.41) is 7.28. The second kappa shape index (κ2) is 13.3. The van der Waals surface area contributed by atoms with Crippen molar-refractivity contribution in [3.63, 3.8) is 0 Å². The molecule has 232 valence electrons. The van der Waals surface area contributed by atoms with Gasteiger partial charge in [0, 0.05) is 17.8 Å². The van der Waals surface area contributed by atoms with Gasteiger partial charge in [-0.3, -0.25) is 9.69 Å². The highest BCUT2D eigenvalue weighted by molar-refractivity contribution is 8.15. The first kappa shape index (κ1) is 31.3. The standard InChI is InChI=1S/C31H27F3N6O4S/c1-19(2)25-13-12-24(43-3)16-26(25)40-27(41)17-45-30(40)37-29(42)35-15-14-20-4-6-21(7-5-20)28-36-18-39(38-28)22-8-10-23(11-9-22)44-31(32,33)34/h4-16,18-19H,17H2,1-3H3,(H,35,42)/b15-14+,37-30?. The summed E-state index contributed by atoms with van der Waals surface area (Å²) in [7, 11) is 1.55. The van der Waals surface area contributed by atoms with Crippen molar-refractivity contribution in [3.05, 3.63) is 90.4 Å². The van der Waals surface area contributed by atoms with E-state index in [4.69, 9.17) is 4.74 Å². The minimum Gasteiger partial charge on any atom is -0.497 e. The third-order valence-electron chi connectivity index (χ3n) is 6.54. The molecule has 0 spiro atoms. The molecule has 4 aromatic rings. The van der Waals surface area contributed by atoms with Gasteiger partial charge in [0.25, 0.3) is 0 Å². The Morgan fingerprint density at radius 2 is 1.78 bits per heavy atom. The van der Waals surface area contributed by atoms with Gasteiger partial charge < -0.3 is 14.8 Å². The summed E-state index contributed by atoms with van der Waals surface area (Å²) in [5.74, 6) is 0.790. The van der Waals surface area contributed by atoms with Crippen LogP contribution < -0.4 is 19.7 Å². The molecular weight excluding hydrogens is 609 g/mol. The number of alkyl halides is 3. The van der Waals surface area contributed by atoms with Gasteiger partial charge in [-0.05, 0) is 53.5 Å². The quantitative estimate of drug-likeness (QED) is 0.227. The lowest BCUT2D eigenvalue weighted by Crippen LogP contribution is -2.31. The highest BCUT2D eigenvalue weighted by Gasteiger charge is 2.33. The van der Waals surface area contributed by atoms with E-state index in [1.807, 2.05) is 26.0 Å². The second-order valence-electron chi connectivity index (χ2n) is 9.95. The van der Waals surface area contributed by atoms with Crippen LogP contribution in [0.3, 0.4) is 0 Å². The number of rotatable bonds is 8. The van der Waals surface area contributed by atoms with Crippen LogP contribution in [0, 0.1) is 0 Å². The molecule has 10 nitrogen and oxygen atoms in total. The Kier molecular flexibility index (Phi) is 9.23. The topological polar surface area (TPSA) is 111 Å². The predicted octanol–water partition coefficient (Wildman–Crippen LogP) is 6.78. The average molecular weight is 637 g/mol. The van der Waals surface area contributed by atoms with Crippen molar-refractivity contribution >= 4 is 40.6 Å². The fraction of sp³-hybridized carbons (Fsp3) is 0.194. The first-order chi connectivity index (χ1) is 21.5. The number of carbonyl (C=O) groups is 2. The fourth-order valence-electron chi connectivity index (χ4n) is 4.41. The Labute approximate surface area is 260 Å². The van der Waals surface area contributed by atoms with Crippen molar-refractivity contribution in [1.29, 1.82) is 0 Å². The maximum atomic E-state index is 12.8. The number of nitrogens with zero attached hydrogens (tertiary/aromatic N) is 5. The molecule has 45 heavy (non-hydrogen) atoms. The molecule has 5 rings (SSSR count). The summed E-state index contributed by atoms with van der Waals surface area (Å²) in [6.07, 6.45) is -0.175. The normalized spacial score (nSPS) is 14.5. The van der Waals surface area contributed by atoms with Gasteiger partial charge in [-0.2, -0.15) is 4.99 Å². The molecule has 3 amide bonds. The molecule has 1 saturated heterocycles. The summed E-state index contributed by atoms with van der Waals surface area (Å²) >= 11 is 1.19. The Morgan fingerprint density at radius 3 is 2.44 bits per heavy atom. The van der Waals surface area contributed by atoms with E-state index in [2.05, 4.69) is 25.1 Å². The highest BCUT2D eigenvalue weighted by atomic mass is 32.2. The molecule has 1 N–H and O–H groups in total. The van der Waals surface area contributed by atoms with Gasteiger partial charge in [0.05, 0.1) is 24.2 Å². The summed E-state index contributed by atoms with van der Waals surface area (Å²) in [4.78, 5) is 35.3. The number of thioether (sulfide) groups is 1. The smallest absolute Gasteiger partial charge is 0.497 e. The lowest BCUT2D eigenvalue weighted by Gasteiger charge is -2.22. The second-order valence-corrected chi connectivity index (χ2v) is 10.9. The fourth-order valence-corrected chi connectivity index (χ4v) is 5.26. The van der Waals surface area contributed by atoms with E-state index in [1.54, 1.807) is 43.5 Å². The van der Waals surface area contributed by atoms with E-state index < -0.39 is 12.4 Å². The maximum absolute atomic E-state index is 12.8. The molecule has 0 saturated carbocycles. The number of hydrogen-bond acceptors (Lipinski definition) is 7. The predicted molar refractivity (Wildman–Crippen MR) is 166 cm³/mol. The van der Waals surface area contributed by atoms with Crippen molar-refractivity contribution < 1.29 is 32.2 Å². The number of halogens is 3. The number of nitrogens with one attached hydrogen (secondary N) is 1. The number of hydrogen-bond donors (Lipinski definition) is 1. The molecule has 1 fully saturated rings. The van der Waals surface area contributed by atoms with Crippen LogP contribution in [0.5, 0.6) is 11.5 Å². The molecule has 0 aliphatic carbocycles. The van der Waals surface area contributed by atoms with Gasteiger partial charge in [-0.1, -0.05) is 55.9 Å². The molecule has 1 aromatic heterocycles. The zero-order valence-corrected chi connectivity index (χ0v) is 25.1. The number of urea groups is 1. The van der Waals surface area contributed by atoms with Crippen LogP contribution in [0.25, 0.3) is 23.2 Å². The van der Waals surface area contributed by atoms with Crippen LogP contribution in [-0.2, 0) is 4.79 Å². The van der Waals surface area contributed by atoms with E-state index in [-0.39, 0.29) is 28.5 Å².